The number of benzene rings is 2. The molecule has 1 aliphatic rings. The van der Waals surface area contributed by atoms with Crippen LogP contribution in [0, 0.1) is 12.8 Å². The summed E-state index contributed by atoms with van der Waals surface area (Å²) >= 11 is 0. The first kappa shape index (κ1) is 23.0. The van der Waals surface area contributed by atoms with Gasteiger partial charge in [0, 0.05) is 17.9 Å². The van der Waals surface area contributed by atoms with Gasteiger partial charge in [-0.05, 0) is 62.1 Å². The predicted octanol–water partition coefficient (Wildman–Crippen LogP) is 4.97. The van der Waals surface area contributed by atoms with Gasteiger partial charge in [-0.1, -0.05) is 24.3 Å². The van der Waals surface area contributed by atoms with Crippen LogP contribution in [0.25, 0.3) is 11.5 Å². The quantitative estimate of drug-likeness (QED) is 0.250. The fourth-order valence-corrected chi connectivity index (χ4v) is 4.33. The average molecular weight is 452 g/mol. The summed E-state index contributed by atoms with van der Waals surface area (Å²) in [5, 5.41) is 9.66. The number of ether oxygens (including phenoxy) is 1. The van der Waals surface area contributed by atoms with Gasteiger partial charge in [0.25, 0.3) is 0 Å². The topological polar surface area (TPSA) is 91.0 Å². The Morgan fingerprint density at radius 3 is 2.79 bits per heavy atom. The van der Waals surface area contributed by atoms with Crippen molar-refractivity contribution in [3.05, 3.63) is 71.1 Å². The Morgan fingerprint density at radius 1 is 1.21 bits per heavy atom. The first-order valence-corrected chi connectivity index (χ1v) is 11.3. The van der Waals surface area contributed by atoms with E-state index in [-0.39, 0.29) is 12.5 Å². The van der Waals surface area contributed by atoms with E-state index < -0.39 is 11.9 Å². The molecule has 4 rings (SSSR count). The van der Waals surface area contributed by atoms with Crippen LogP contribution in [-0.2, 0) is 27.4 Å². The summed E-state index contributed by atoms with van der Waals surface area (Å²) in [6.45, 7) is 4.61. The van der Waals surface area contributed by atoms with E-state index in [9.17, 15) is 9.90 Å². The van der Waals surface area contributed by atoms with Gasteiger partial charge in [0.15, 0.2) is 0 Å². The van der Waals surface area contributed by atoms with Crippen LogP contribution in [0.4, 0.5) is 0 Å². The number of fused-ring (bicyclic) bond motifs is 1. The van der Waals surface area contributed by atoms with Crippen LogP contribution >= 0.6 is 0 Å². The lowest BCUT2D eigenvalue weighted by molar-refractivity contribution is -0.298. The van der Waals surface area contributed by atoms with Crippen LogP contribution in [0.2, 0.25) is 0 Å². The number of aliphatic carboxylic acids is 1. The molecule has 2 atom stereocenters. The molecule has 1 heterocycles. The summed E-state index contributed by atoms with van der Waals surface area (Å²) in [6.07, 6.45) is 2.22. The Balaban J connectivity index is 1.37. The molecule has 0 fully saturated rings. The van der Waals surface area contributed by atoms with Gasteiger partial charge in [0.05, 0.1) is 31.4 Å². The number of oxazole rings is 1. The number of aryl methyl sites for hydroxylation is 2. The second-order valence-electron chi connectivity index (χ2n) is 8.13. The molecule has 174 valence electrons. The van der Waals surface area contributed by atoms with Crippen molar-refractivity contribution in [3.8, 4) is 17.2 Å². The molecule has 0 saturated heterocycles. The highest BCUT2D eigenvalue weighted by molar-refractivity contribution is 5.72. The molecule has 1 aromatic heterocycles. The summed E-state index contributed by atoms with van der Waals surface area (Å²) in [5.74, 6) is 0.581. The molecule has 2 unspecified atom stereocenters. The molecule has 7 heteroatoms. The molecule has 0 amide bonds. The number of aromatic nitrogens is 1. The lowest BCUT2D eigenvalue weighted by Gasteiger charge is -2.20. The maximum atomic E-state index is 11.8. The third-order valence-electron chi connectivity index (χ3n) is 6.01. The number of hydrogen-bond donors (Lipinski definition) is 1. The molecular weight excluding hydrogens is 422 g/mol. The van der Waals surface area contributed by atoms with E-state index >= 15 is 0 Å². The lowest BCUT2D eigenvalue weighted by atomic mass is 9.88. The molecule has 1 aliphatic carbocycles. The van der Waals surface area contributed by atoms with Gasteiger partial charge >= 0.3 is 5.97 Å². The fraction of sp³-hybridized carbons (Fsp3) is 0.385. The average Bonchev–Trinajstić information content (AvgIpc) is 3.40. The van der Waals surface area contributed by atoms with E-state index in [0.717, 1.165) is 46.7 Å². The summed E-state index contributed by atoms with van der Waals surface area (Å²) in [7, 11) is 0. The smallest absolute Gasteiger partial charge is 0.309 e. The Morgan fingerprint density at radius 2 is 2.03 bits per heavy atom. The van der Waals surface area contributed by atoms with Gasteiger partial charge in [-0.3, -0.25) is 4.79 Å². The molecule has 0 bridgehead atoms. The van der Waals surface area contributed by atoms with Crippen molar-refractivity contribution in [2.45, 2.75) is 39.0 Å². The molecule has 7 nitrogen and oxygen atoms in total. The van der Waals surface area contributed by atoms with Crippen molar-refractivity contribution in [2.75, 3.05) is 19.8 Å². The van der Waals surface area contributed by atoms with Crippen molar-refractivity contribution in [3.63, 3.8) is 0 Å². The van der Waals surface area contributed by atoms with Crippen molar-refractivity contribution in [1.82, 2.24) is 4.98 Å². The molecule has 3 aromatic rings. The number of hydrogen-bond acceptors (Lipinski definition) is 6. The summed E-state index contributed by atoms with van der Waals surface area (Å²) in [4.78, 5) is 26.4. The second kappa shape index (κ2) is 10.6. The fourth-order valence-electron chi connectivity index (χ4n) is 4.33. The van der Waals surface area contributed by atoms with E-state index in [1.807, 2.05) is 55.5 Å². The number of carbonyl (C=O) groups is 1. The Hall–Kier alpha value is -3.16. The van der Waals surface area contributed by atoms with Gasteiger partial charge in [-0.2, -0.15) is 0 Å². The molecule has 0 radical (unpaired) electrons. The zero-order valence-electron chi connectivity index (χ0n) is 19.0. The maximum Gasteiger partial charge on any atom is 0.309 e. The van der Waals surface area contributed by atoms with Crippen molar-refractivity contribution in [2.24, 2.45) is 5.92 Å². The molecule has 0 aliphatic heterocycles. The Bertz CT molecular complexity index is 1080. The highest BCUT2D eigenvalue weighted by Gasteiger charge is 2.35. The van der Waals surface area contributed by atoms with Crippen LogP contribution in [0.3, 0.4) is 0 Å². The normalized spacial score (nSPS) is 15.9. The van der Waals surface area contributed by atoms with Gasteiger partial charge in [0.2, 0.25) is 5.89 Å². The molecule has 1 N–H and O–H groups in total. The van der Waals surface area contributed by atoms with Crippen molar-refractivity contribution < 1.29 is 28.8 Å². The van der Waals surface area contributed by atoms with Gasteiger partial charge in [-0.15, -0.1) is 0 Å². The van der Waals surface area contributed by atoms with Gasteiger partial charge in [-0.25, -0.2) is 14.8 Å². The minimum absolute atomic E-state index is 0.0353. The van der Waals surface area contributed by atoms with Crippen LogP contribution in [0.1, 0.15) is 41.8 Å². The maximum absolute atomic E-state index is 11.8. The zero-order valence-corrected chi connectivity index (χ0v) is 19.0. The molecule has 0 spiro atoms. The lowest BCUT2D eigenvalue weighted by Crippen LogP contribution is -2.26. The third kappa shape index (κ3) is 5.43. The van der Waals surface area contributed by atoms with Crippen LogP contribution < -0.4 is 4.74 Å². The van der Waals surface area contributed by atoms with E-state index in [2.05, 4.69) is 4.98 Å². The minimum atomic E-state index is -0.870. The highest BCUT2D eigenvalue weighted by atomic mass is 17.2. The van der Waals surface area contributed by atoms with Gasteiger partial charge in [0.1, 0.15) is 11.5 Å². The Labute approximate surface area is 193 Å². The SMILES string of the molecule is CCOOCC(C(=O)O)C1CCc2cc(OCCc3nc(-c4ccccc4)oc3C)ccc21. The molecule has 0 saturated carbocycles. The van der Waals surface area contributed by atoms with Crippen molar-refractivity contribution in [1.29, 1.82) is 0 Å². The molecule has 2 aromatic carbocycles. The number of carboxylic acids is 1. The first-order valence-electron chi connectivity index (χ1n) is 11.3. The largest absolute Gasteiger partial charge is 0.493 e. The van der Waals surface area contributed by atoms with Crippen LogP contribution in [0.15, 0.2) is 52.9 Å². The van der Waals surface area contributed by atoms with E-state index in [1.165, 1.54) is 0 Å². The van der Waals surface area contributed by atoms with Gasteiger partial charge < -0.3 is 14.3 Å². The monoisotopic (exact) mass is 451 g/mol. The number of carboxylic acid groups (broad SMARTS) is 1. The van der Waals surface area contributed by atoms with E-state index in [0.29, 0.717) is 25.5 Å². The predicted molar refractivity (Wildman–Crippen MR) is 122 cm³/mol. The first-order chi connectivity index (χ1) is 16.1. The molecule has 33 heavy (non-hydrogen) atoms. The van der Waals surface area contributed by atoms with E-state index in [4.69, 9.17) is 18.9 Å². The second-order valence-corrected chi connectivity index (χ2v) is 8.13. The summed E-state index contributed by atoms with van der Waals surface area (Å²) in [5.41, 5.74) is 4.01. The van der Waals surface area contributed by atoms with E-state index in [1.54, 1.807) is 6.92 Å². The van der Waals surface area contributed by atoms with Crippen molar-refractivity contribution >= 4 is 5.97 Å². The zero-order chi connectivity index (χ0) is 23.2. The highest BCUT2D eigenvalue weighted by Crippen LogP contribution is 2.40. The standard InChI is InChI=1S/C26H29NO6/c1-3-31-32-16-23(26(28)29)22-11-9-19-15-20(10-12-21(19)22)30-14-13-24-17(2)33-25(27-24)18-7-5-4-6-8-18/h4-8,10,12,15,22-23H,3,9,11,13-14,16H2,1-2H3,(H,28,29). The molecular formula is C26H29NO6. The van der Waals surface area contributed by atoms with Crippen LogP contribution in [0.5, 0.6) is 5.75 Å². The number of nitrogens with zero attached hydrogens (tertiary/aromatic N) is 1. The summed E-state index contributed by atoms with van der Waals surface area (Å²) in [6, 6.07) is 15.7. The Kier molecular flexibility index (Phi) is 7.42. The minimum Gasteiger partial charge on any atom is -0.493 e. The number of rotatable bonds is 11. The third-order valence-corrected chi connectivity index (χ3v) is 6.01. The summed E-state index contributed by atoms with van der Waals surface area (Å²) < 4.78 is 11.8. The van der Waals surface area contributed by atoms with Crippen LogP contribution in [-0.4, -0.2) is 35.9 Å².